The van der Waals surface area contributed by atoms with Gasteiger partial charge in [0.1, 0.15) is 12.6 Å². The number of nitrogens with one attached hydrogen (secondary N) is 1. The second kappa shape index (κ2) is 11.4. The van der Waals surface area contributed by atoms with Gasteiger partial charge in [0.25, 0.3) is 0 Å². The molecule has 6 heteroatoms. The van der Waals surface area contributed by atoms with Gasteiger partial charge in [-0.05, 0) is 48.7 Å². The number of urea groups is 1. The molecule has 194 valence electrons. The van der Waals surface area contributed by atoms with Crippen LogP contribution in [-0.4, -0.2) is 34.5 Å². The number of fused-ring (bicyclic) bond motifs is 3. The van der Waals surface area contributed by atoms with Gasteiger partial charge in [-0.2, -0.15) is 0 Å². The van der Waals surface area contributed by atoms with Crippen LogP contribution in [0, 0.1) is 6.92 Å². The molecule has 1 unspecified atom stereocenters. The van der Waals surface area contributed by atoms with Gasteiger partial charge in [0.05, 0.1) is 17.1 Å². The molecule has 1 aromatic heterocycles. The number of para-hydroxylation sites is 2. The third-order valence-electron chi connectivity index (χ3n) is 7.06. The summed E-state index contributed by atoms with van der Waals surface area (Å²) >= 11 is 0. The van der Waals surface area contributed by atoms with E-state index >= 15 is 0 Å². The third-order valence-corrected chi connectivity index (χ3v) is 7.06. The van der Waals surface area contributed by atoms with E-state index in [1.165, 1.54) is 5.56 Å². The molecular weight excluding hydrogens is 472 g/mol. The van der Waals surface area contributed by atoms with E-state index in [0.29, 0.717) is 13.1 Å². The van der Waals surface area contributed by atoms with Crippen molar-refractivity contribution in [3.63, 3.8) is 0 Å². The van der Waals surface area contributed by atoms with E-state index in [0.717, 1.165) is 41.0 Å². The lowest BCUT2D eigenvalue weighted by Crippen LogP contribution is -2.49. The monoisotopic (exact) mass is 506 g/mol. The fraction of sp³-hybridized carbons (Fsp3) is 0.250. The molecule has 0 bridgehead atoms. The molecule has 38 heavy (non-hydrogen) atoms. The van der Waals surface area contributed by atoms with Crippen LogP contribution in [0.2, 0.25) is 0 Å². The van der Waals surface area contributed by atoms with Crippen LogP contribution in [0.3, 0.4) is 0 Å². The van der Waals surface area contributed by atoms with Gasteiger partial charge in [-0.15, -0.1) is 0 Å². The van der Waals surface area contributed by atoms with Crippen molar-refractivity contribution < 1.29 is 9.59 Å². The molecule has 5 rings (SSSR count). The molecule has 6 nitrogen and oxygen atoms in total. The number of anilines is 1. The first-order valence-electron chi connectivity index (χ1n) is 13.3. The largest absolute Gasteiger partial charge is 0.334 e. The quantitative estimate of drug-likeness (QED) is 0.308. The smallest absolute Gasteiger partial charge is 0.318 e. The Labute approximate surface area is 224 Å². The van der Waals surface area contributed by atoms with Crippen molar-refractivity contribution in [1.82, 2.24) is 14.8 Å². The fourth-order valence-electron chi connectivity index (χ4n) is 5.05. The molecular formula is C32H34N4O2. The van der Waals surface area contributed by atoms with Crippen molar-refractivity contribution in [2.24, 2.45) is 0 Å². The standard InChI is InChI=1S/C32H34N4O2/c1-3-4-20-34(32(38)33-22-25-11-6-5-7-12-25)23-30(37)36-28-14-9-8-13-27(28)35-21-10-15-29(35)31(36)26-18-16-24(2)17-19-26/h5-19,21,31H,3-4,20,22-23H2,1-2H3,(H,33,38). The number of aryl methyl sites for hydroxylation is 1. The summed E-state index contributed by atoms with van der Waals surface area (Å²) in [6.45, 7) is 5.08. The van der Waals surface area contributed by atoms with Crippen molar-refractivity contribution in [3.8, 4) is 5.69 Å². The highest BCUT2D eigenvalue weighted by Crippen LogP contribution is 2.42. The number of nitrogens with zero attached hydrogens (tertiary/aromatic N) is 3. The Balaban J connectivity index is 1.46. The number of rotatable bonds is 8. The average molecular weight is 507 g/mol. The van der Waals surface area contributed by atoms with Gasteiger partial charge in [-0.25, -0.2) is 4.79 Å². The van der Waals surface area contributed by atoms with Crippen LogP contribution >= 0.6 is 0 Å². The molecule has 3 amide bonds. The number of amides is 3. The van der Waals surface area contributed by atoms with E-state index in [1.54, 1.807) is 4.90 Å². The zero-order valence-corrected chi connectivity index (χ0v) is 22.0. The van der Waals surface area contributed by atoms with E-state index < -0.39 is 0 Å². The molecule has 1 aliphatic heterocycles. The first-order chi connectivity index (χ1) is 18.6. The normalized spacial score (nSPS) is 13.9. The van der Waals surface area contributed by atoms with Gasteiger partial charge in [-0.1, -0.05) is 85.6 Å². The zero-order valence-electron chi connectivity index (χ0n) is 22.0. The maximum atomic E-state index is 14.2. The highest BCUT2D eigenvalue weighted by atomic mass is 16.2. The van der Waals surface area contributed by atoms with Gasteiger partial charge in [0, 0.05) is 19.3 Å². The molecule has 0 radical (unpaired) electrons. The molecule has 0 saturated heterocycles. The van der Waals surface area contributed by atoms with E-state index in [1.807, 2.05) is 71.8 Å². The Morgan fingerprint density at radius 3 is 2.32 bits per heavy atom. The molecule has 1 N–H and O–H groups in total. The number of hydrogen-bond acceptors (Lipinski definition) is 2. The Bertz CT molecular complexity index is 1390. The van der Waals surface area contributed by atoms with Crippen LogP contribution in [0.25, 0.3) is 5.69 Å². The number of benzene rings is 3. The van der Waals surface area contributed by atoms with Gasteiger partial charge < -0.3 is 14.8 Å². The number of hydrogen-bond donors (Lipinski definition) is 1. The summed E-state index contributed by atoms with van der Waals surface area (Å²) < 4.78 is 2.16. The molecule has 3 aromatic carbocycles. The minimum Gasteiger partial charge on any atom is -0.334 e. The van der Waals surface area contributed by atoms with Crippen molar-refractivity contribution in [2.45, 2.75) is 39.3 Å². The van der Waals surface area contributed by atoms with Crippen LogP contribution in [-0.2, 0) is 11.3 Å². The van der Waals surface area contributed by atoms with Crippen molar-refractivity contribution in [2.75, 3.05) is 18.0 Å². The first-order valence-corrected chi connectivity index (χ1v) is 13.3. The van der Waals surface area contributed by atoms with Gasteiger partial charge in [0.2, 0.25) is 5.91 Å². The van der Waals surface area contributed by atoms with Gasteiger partial charge >= 0.3 is 6.03 Å². The summed E-state index contributed by atoms with van der Waals surface area (Å²) in [6.07, 6.45) is 3.80. The third kappa shape index (κ3) is 5.21. The van der Waals surface area contributed by atoms with Crippen LogP contribution in [0.4, 0.5) is 10.5 Å². The Hall–Kier alpha value is -4.32. The summed E-state index contributed by atoms with van der Waals surface area (Å²) in [5.41, 5.74) is 6.04. The highest BCUT2D eigenvalue weighted by molar-refractivity contribution is 6.00. The van der Waals surface area contributed by atoms with Crippen LogP contribution < -0.4 is 10.2 Å². The summed E-state index contributed by atoms with van der Waals surface area (Å²) in [5, 5.41) is 3.01. The summed E-state index contributed by atoms with van der Waals surface area (Å²) in [4.78, 5) is 31.0. The van der Waals surface area contributed by atoms with E-state index in [-0.39, 0.29) is 24.5 Å². The van der Waals surface area contributed by atoms with E-state index in [9.17, 15) is 9.59 Å². The minimum atomic E-state index is -0.298. The number of aromatic nitrogens is 1. The topological polar surface area (TPSA) is 57.6 Å². The molecule has 1 atom stereocenters. The van der Waals surface area contributed by atoms with Crippen molar-refractivity contribution in [1.29, 1.82) is 0 Å². The minimum absolute atomic E-state index is 0.00196. The molecule has 0 saturated carbocycles. The molecule has 0 spiro atoms. The Morgan fingerprint density at radius 2 is 1.58 bits per heavy atom. The number of carbonyl (C=O) groups is 2. The maximum Gasteiger partial charge on any atom is 0.318 e. The van der Waals surface area contributed by atoms with Gasteiger partial charge in [-0.3, -0.25) is 9.69 Å². The number of carbonyl (C=O) groups excluding carboxylic acids is 2. The second-order valence-electron chi connectivity index (χ2n) is 9.79. The predicted molar refractivity (Wildman–Crippen MR) is 151 cm³/mol. The molecule has 2 heterocycles. The maximum absolute atomic E-state index is 14.2. The van der Waals surface area contributed by atoms with Crippen LogP contribution in [0.15, 0.2) is 97.2 Å². The van der Waals surface area contributed by atoms with Crippen LogP contribution in [0.5, 0.6) is 0 Å². The first kappa shape index (κ1) is 25.3. The van der Waals surface area contributed by atoms with Crippen molar-refractivity contribution in [3.05, 3.63) is 120 Å². The Morgan fingerprint density at radius 1 is 0.868 bits per heavy atom. The summed E-state index contributed by atoms with van der Waals surface area (Å²) in [6, 6.07) is 29.7. The van der Waals surface area contributed by atoms with Gasteiger partial charge in [0.15, 0.2) is 0 Å². The fourth-order valence-corrected chi connectivity index (χ4v) is 5.05. The van der Waals surface area contributed by atoms with E-state index in [2.05, 4.69) is 54.1 Å². The highest BCUT2D eigenvalue weighted by Gasteiger charge is 2.36. The Kier molecular flexibility index (Phi) is 7.59. The molecule has 4 aromatic rings. The summed E-state index contributed by atoms with van der Waals surface area (Å²) in [7, 11) is 0. The SMILES string of the molecule is CCCCN(CC(=O)N1c2ccccc2-n2cccc2C1c1ccc(C)cc1)C(=O)NCc1ccccc1. The van der Waals surface area contributed by atoms with E-state index in [4.69, 9.17) is 0 Å². The predicted octanol–water partition coefficient (Wildman–Crippen LogP) is 6.23. The van der Waals surface area contributed by atoms with Crippen molar-refractivity contribution >= 4 is 17.6 Å². The second-order valence-corrected chi connectivity index (χ2v) is 9.79. The summed E-state index contributed by atoms with van der Waals surface area (Å²) in [5.74, 6) is -0.110. The average Bonchev–Trinajstić information content (AvgIpc) is 3.44. The zero-order chi connectivity index (χ0) is 26.5. The van der Waals surface area contributed by atoms with Crippen LogP contribution in [0.1, 0.15) is 48.2 Å². The lowest BCUT2D eigenvalue weighted by atomic mass is 9.97. The molecule has 0 fully saturated rings. The molecule has 0 aliphatic carbocycles. The lowest BCUT2D eigenvalue weighted by Gasteiger charge is -2.39. The lowest BCUT2D eigenvalue weighted by molar-refractivity contribution is -0.119. The molecule has 1 aliphatic rings. The number of unbranched alkanes of at least 4 members (excludes halogenated alkanes) is 1.